The van der Waals surface area contributed by atoms with E-state index < -0.39 is 47.7 Å². The molecule has 10 nitrogen and oxygen atoms in total. The normalized spacial score (nSPS) is 23.6. The summed E-state index contributed by atoms with van der Waals surface area (Å²) in [7, 11) is -4.76. The van der Waals surface area contributed by atoms with Gasteiger partial charge in [-0.1, -0.05) is 103 Å². The Kier molecular flexibility index (Phi) is 16.3. The van der Waals surface area contributed by atoms with Crippen molar-refractivity contribution in [2.75, 3.05) is 13.2 Å². The third-order valence-electron chi connectivity index (χ3n) is 6.86. The molecular formula is C28H48O10S. The fourth-order valence-electron chi connectivity index (χ4n) is 4.51. The predicted molar refractivity (Wildman–Crippen MR) is 147 cm³/mol. The zero-order chi connectivity index (χ0) is 28.5. The van der Waals surface area contributed by atoms with Crippen molar-refractivity contribution in [1.29, 1.82) is 0 Å². The highest BCUT2D eigenvalue weighted by Crippen LogP contribution is 2.30. The second-order valence-corrected chi connectivity index (χ2v) is 11.4. The highest BCUT2D eigenvalue weighted by Gasteiger charge is 2.46. The lowest BCUT2D eigenvalue weighted by Crippen LogP contribution is -2.59. The minimum absolute atomic E-state index is 0.104. The number of aliphatic hydroxyl groups is 4. The van der Waals surface area contributed by atoms with Crippen LogP contribution < -0.4 is 8.92 Å². The molecule has 1 aliphatic rings. The predicted octanol–water partition coefficient (Wildman–Crippen LogP) is 3.99. The maximum atomic E-state index is 12.5. The van der Waals surface area contributed by atoms with Crippen LogP contribution in [-0.2, 0) is 19.3 Å². The minimum atomic E-state index is -4.76. The SMILES string of the molecule is CCCCCCCCCCCCCCCCOc1ccccc1OS(=O)(=O)O[C@@H]1O[C@H](CO)[C@H](O)[C@H](O)[C@H]1O. The molecule has 2 rings (SSSR count). The molecule has 1 aromatic carbocycles. The standard InChI is InChI=1S/C28H48O10S/c1-2-3-4-5-6-7-8-9-10-11-12-13-14-17-20-35-22-18-15-16-19-23(22)37-39(33,34)38-28-27(32)26(31)25(30)24(21-29)36-28/h15-16,18-19,24-32H,2-14,17,20-21H2,1H3/t24-,25+,26+,27-,28+/m1/s1. The lowest BCUT2D eigenvalue weighted by Gasteiger charge is -2.38. The van der Waals surface area contributed by atoms with Crippen molar-refractivity contribution in [3.63, 3.8) is 0 Å². The highest BCUT2D eigenvalue weighted by atomic mass is 32.3. The minimum Gasteiger partial charge on any atom is -0.490 e. The van der Waals surface area contributed by atoms with Crippen LogP contribution in [0.1, 0.15) is 96.8 Å². The molecule has 1 fully saturated rings. The van der Waals surface area contributed by atoms with Crippen LogP contribution in [0.5, 0.6) is 11.5 Å². The van der Waals surface area contributed by atoms with Gasteiger partial charge in [0.15, 0.2) is 11.5 Å². The van der Waals surface area contributed by atoms with Crippen LogP contribution in [-0.4, -0.2) is 72.8 Å². The summed E-state index contributed by atoms with van der Waals surface area (Å²) in [5.74, 6) is 0.112. The molecule has 0 unspecified atom stereocenters. The molecule has 1 aromatic rings. The van der Waals surface area contributed by atoms with Crippen LogP contribution in [0.4, 0.5) is 0 Å². The summed E-state index contributed by atoms with van der Waals surface area (Å²) in [6.07, 6.45) is 8.97. The maximum Gasteiger partial charge on any atom is 0.451 e. The Bertz CT molecular complexity index is 879. The lowest BCUT2D eigenvalue weighted by atomic mass is 10.00. The number of benzene rings is 1. The van der Waals surface area contributed by atoms with Gasteiger partial charge in [-0.15, -0.1) is 0 Å². The maximum absolute atomic E-state index is 12.5. The van der Waals surface area contributed by atoms with Crippen LogP contribution in [0.25, 0.3) is 0 Å². The van der Waals surface area contributed by atoms with E-state index in [-0.39, 0.29) is 11.5 Å². The number of hydrogen-bond acceptors (Lipinski definition) is 10. The van der Waals surface area contributed by atoms with E-state index in [1.54, 1.807) is 18.2 Å². The van der Waals surface area contributed by atoms with Crippen LogP contribution >= 0.6 is 0 Å². The Morgan fingerprint density at radius 1 is 0.744 bits per heavy atom. The van der Waals surface area contributed by atoms with Gasteiger partial charge in [-0.25, -0.2) is 4.18 Å². The largest absolute Gasteiger partial charge is 0.490 e. The van der Waals surface area contributed by atoms with Gasteiger partial charge in [0.05, 0.1) is 13.2 Å². The highest BCUT2D eigenvalue weighted by molar-refractivity contribution is 7.82. The van der Waals surface area contributed by atoms with E-state index in [0.717, 1.165) is 19.3 Å². The average molecular weight is 577 g/mol. The molecule has 226 valence electrons. The molecule has 5 atom stereocenters. The number of ether oxygens (including phenoxy) is 2. The first kappa shape index (κ1) is 33.7. The summed E-state index contributed by atoms with van der Waals surface area (Å²) in [5.41, 5.74) is 0. The molecule has 1 saturated heterocycles. The molecule has 0 aliphatic carbocycles. The van der Waals surface area contributed by atoms with Gasteiger partial charge in [-0.05, 0) is 18.6 Å². The third kappa shape index (κ3) is 12.7. The molecule has 0 bridgehead atoms. The smallest absolute Gasteiger partial charge is 0.451 e. The average Bonchev–Trinajstić information content (AvgIpc) is 2.91. The zero-order valence-corrected chi connectivity index (χ0v) is 24.0. The molecular weight excluding hydrogens is 528 g/mol. The van der Waals surface area contributed by atoms with Gasteiger partial charge in [0.2, 0.25) is 6.29 Å². The third-order valence-corrected chi connectivity index (χ3v) is 7.67. The van der Waals surface area contributed by atoms with Gasteiger partial charge < -0.3 is 34.1 Å². The van der Waals surface area contributed by atoms with E-state index in [1.165, 1.54) is 76.7 Å². The Labute approximate surface area is 233 Å². The molecule has 39 heavy (non-hydrogen) atoms. The van der Waals surface area contributed by atoms with E-state index in [2.05, 4.69) is 6.92 Å². The Morgan fingerprint density at radius 2 is 1.26 bits per heavy atom. The number of para-hydroxylation sites is 2. The van der Waals surface area contributed by atoms with Crippen molar-refractivity contribution in [2.45, 2.75) is 128 Å². The van der Waals surface area contributed by atoms with Crippen molar-refractivity contribution in [1.82, 2.24) is 0 Å². The molecule has 4 N–H and O–H groups in total. The second kappa shape index (κ2) is 18.8. The van der Waals surface area contributed by atoms with Crippen LogP contribution in [0.3, 0.4) is 0 Å². The summed E-state index contributed by atoms with van der Waals surface area (Å²) in [6, 6.07) is 6.22. The molecule has 11 heteroatoms. The monoisotopic (exact) mass is 576 g/mol. The van der Waals surface area contributed by atoms with Crippen LogP contribution in [0.2, 0.25) is 0 Å². The van der Waals surface area contributed by atoms with Gasteiger partial charge in [-0.2, -0.15) is 8.42 Å². The van der Waals surface area contributed by atoms with Crippen molar-refractivity contribution in [2.24, 2.45) is 0 Å². The van der Waals surface area contributed by atoms with Crippen molar-refractivity contribution >= 4 is 10.4 Å². The quantitative estimate of drug-likeness (QED) is 0.158. The van der Waals surface area contributed by atoms with Crippen LogP contribution in [0, 0.1) is 0 Å². The summed E-state index contributed by atoms with van der Waals surface area (Å²) in [6.45, 7) is 1.92. The second-order valence-electron chi connectivity index (χ2n) is 10.2. The first-order valence-corrected chi connectivity index (χ1v) is 15.8. The van der Waals surface area contributed by atoms with Gasteiger partial charge in [-0.3, -0.25) is 0 Å². The molecule has 1 aliphatic heterocycles. The summed E-state index contributed by atoms with van der Waals surface area (Å²) in [4.78, 5) is 0. The van der Waals surface area contributed by atoms with Crippen molar-refractivity contribution < 1.29 is 46.7 Å². The fourth-order valence-corrected chi connectivity index (χ4v) is 5.30. The van der Waals surface area contributed by atoms with E-state index in [9.17, 15) is 28.8 Å². The summed E-state index contributed by atoms with van der Waals surface area (Å²) >= 11 is 0. The Morgan fingerprint density at radius 3 is 1.79 bits per heavy atom. The van der Waals surface area contributed by atoms with Gasteiger partial charge in [0.25, 0.3) is 0 Å². The number of unbranched alkanes of at least 4 members (excludes halogenated alkanes) is 13. The zero-order valence-electron chi connectivity index (χ0n) is 23.2. The van der Waals surface area contributed by atoms with Gasteiger partial charge >= 0.3 is 10.4 Å². The lowest BCUT2D eigenvalue weighted by molar-refractivity contribution is -0.277. The Balaban J connectivity index is 1.65. The molecule has 0 spiro atoms. The van der Waals surface area contributed by atoms with E-state index in [0.29, 0.717) is 6.61 Å². The topological polar surface area (TPSA) is 152 Å². The van der Waals surface area contributed by atoms with E-state index in [4.69, 9.17) is 17.8 Å². The first-order valence-electron chi connectivity index (χ1n) is 14.4. The number of rotatable bonds is 21. The summed E-state index contributed by atoms with van der Waals surface area (Å²) in [5, 5.41) is 38.9. The number of aliphatic hydroxyl groups excluding tert-OH is 4. The summed E-state index contributed by atoms with van der Waals surface area (Å²) < 4.78 is 45.5. The molecule has 1 heterocycles. The molecule has 0 radical (unpaired) electrons. The van der Waals surface area contributed by atoms with Crippen LogP contribution in [0.15, 0.2) is 24.3 Å². The Hall–Kier alpha value is -1.47. The first-order chi connectivity index (χ1) is 18.8. The van der Waals surface area contributed by atoms with E-state index >= 15 is 0 Å². The van der Waals surface area contributed by atoms with E-state index in [1.807, 2.05) is 0 Å². The fraction of sp³-hybridized carbons (Fsp3) is 0.786. The number of hydrogen-bond donors (Lipinski definition) is 4. The molecule has 0 aromatic heterocycles. The van der Waals surface area contributed by atoms with Crippen molar-refractivity contribution in [3.05, 3.63) is 24.3 Å². The van der Waals surface area contributed by atoms with Crippen molar-refractivity contribution in [3.8, 4) is 11.5 Å². The molecule has 0 saturated carbocycles. The van der Waals surface area contributed by atoms with Gasteiger partial charge in [0, 0.05) is 0 Å². The van der Waals surface area contributed by atoms with Gasteiger partial charge in [0.1, 0.15) is 24.4 Å². The molecule has 0 amide bonds.